The molecule has 1 rings (SSSR count). The molecule has 2 unspecified atom stereocenters. The zero-order valence-corrected chi connectivity index (χ0v) is 7.70. The predicted molar refractivity (Wildman–Crippen MR) is 41.7 cm³/mol. The zero-order chi connectivity index (χ0) is 9.57. The van der Waals surface area contributed by atoms with Crippen LogP contribution in [0.15, 0.2) is 0 Å². The maximum absolute atomic E-state index is 12.5. The second-order valence-corrected chi connectivity index (χ2v) is 4.06. The lowest BCUT2D eigenvalue weighted by molar-refractivity contribution is -0.194. The summed E-state index contributed by atoms with van der Waals surface area (Å²) in [6.45, 7) is 5.37. The molecule has 0 heterocycles. The van der Waals surface area contributed by atoms with Gasteiger partial charge < -0.3 is 0 Å². The Morgan fingerprint density at radius 3 is 2.00 bits per heavy atom. The fourth-order valence-corrected chi connectivity index (χ4v) is 2.14. The first kappa shape index (κ1) is 9.87. The van der Waals surface area contributed by atoms with E-state index in [1.807, 2.05) is 13.8 Å². The summed E-state index contributed by atoms with van der Waals surface area (Å²) in [4.78, 5) is 0. The van der Waals surface area contributed by atoms with E-state index in [4.69, 9.17) is 0 Å². The van der Waals surface area contributed by atoms with Gasteiger partial charge >= 0.3 is 6.18 Å². The zero-order valence-electron chi connectivity index (χ0n) is 7.70. The van der Waals surface area contributed by atoms with Gasteiger partial charge in [-0.2, -0.15) is 13.2 Å². The molecule has 72 valence electrons. The van der Waals surface area contributed by atoms with Gasteiger partial charge in [-0.3, -0.25) is 0 Å². The molecule has 1 aliphatic rings. The van der Waals surface area contributed by atoms with Crippen LogP contribution >= 0.6 is 0 Å². The van der Waals surface area contributed by atoms with E-state index in [1.54, 1.807) is 6.92 Å². The van der Waals surface area contributed by atoms with Crippen molar-refractivity contribution in [2.75, 3.05) is 0 Å². The minimum Gasteiger partial charge on any atom is -0.170 e. The van der Waals surface area contributed by atoms with Crippen molar-refractivity contribution in [2.45, 2.75) is 39.8 Å². The first-order chi connectivity index (χ1) is 5.35. The predicted octanol–water partition coefficient (Wildman–Crippen LogP) is 3.62. The molecule has 0 aromatic rings. The van der Waals surface area contributed by atoms with Gasteiger partial charge in [0.25, 0.3) is 0 Å². The van der Waals surface area contributed by atoms with Crippen LogP contribution in [-0.4, -0.2) is 6.18 Å². The minimum absolute atomic E-state index is 0.137. The highest BCUT2D eigenvalue weighted by atomic mass is 19.4. The molecule has 0 aliphatic heterocycles. The van der Waals surface area contributed by atoms with E-state index in [2.05, 4.69) is 0 Å². The van der Waals surface area contributed by atoms with Crippen LogP contribution in [0.1, 0.15) is 33.6 Å². The second kappa shape index (κ2) is 2.64. The summed E-state index contributed by atoms with van der Waals surface area (Å²) >= 11 is 0. The normalized spacial score (nSPS) is 35.8. The number of hydrogen-bond donors (Lipinski definition) is 0. The van der Waals surface area contributed by atoms with E-state index in [1.165, 1.54) is 0 Å². The summed E-state index contributed by atoms with van der Waals surface area (Å²) < 4.78 is 37.5. The lowest BCUT2D eigenvalue weighted by Gasteiger charge is -2.20. The highest BCUT2D eigenvalue weighted by Gasteiger charge is 2.69. The van der Waals surface area contributed by atoms with E-state index in [0.717, 1.165) is 0 Å². The second-order valence-electron chi connectivity index (χ2n) is 4.06. The Hall–Kier alpha value is -0.210. The molecule has 0 N–H and O–H groups in total. The molecule has 0 aromatic carbocycles. The largest absolute Gasteiger partial charge is 0.394 e. The lowest BCUT2D eigenvalue weighted by atomic mass is 9.94. The monoisotopic (exact) mass is 180 g/mol. The molecule has 3 heteroatoms. The molecule has 1 aliphatic carbocycles. The third kappa shape index (κ3) is 1.23. The maximum atomic E-state index is 12.5. The summed E-state index contributed by atoms with van der Waals surface area (Å²) in [6.07, 6.45) is -3.42. The van der Waals surface area contributed by atoms with Crippen LogP contribution in [0.2, 0.25) is 0 Å². The molecular formula is C9H15F3. The molecule has 2 atom stereocenters. The Balaban J connectivity index is 2.72. The fourth-order valence-electron chi connectivity index (χ4n) is 2.14. The summed E-state index contributed by atoms with van der Waals surface area (Å²) in [5.74, 6) is 0.0223. The van der Waals surface area contributed by atoms with Gasteiger partial charge in [-0.05, 0) is 24.7 Å². The van der Waals surface area contributed by atoms with Gasteiger partial charge in [-0.25, -0.2) is 0 Å². The van der Waals surface area contributed by atoms with Crippen LogP contribution in [0, 0.1) is 17.3 Å². The van der Waals surface area contributed by atoms with Gasteiger partial charge in [-0.15, -0.1) is 0 Å². The van der Waals surface area contributed by atoms with Gasteiger partial charge in [0.15, 0.2) is 0 Å². The van der Waals surface area contributed by atoms with E-state index in [-0.39, 0.29) is 18.3 Å². The number of alkyl halides is 3. The molecule has 0 saturated heterocycles. The van der Waals surface area contributed by atoms with Gasteiger partial charge in [0, 0.05) is 0 Å². The van der Waals surface area contributed by atoms with E-state index >= 15 is 0 Å². The Morgan fingerprint density at radius 1 is 1.42 bits per heavy atom. The van der Waals surface area contributed by atoms with Crippen molar-refractivity contribution in [2.24, 2.45) is 17.3 Å². The molecule has 0 nitrogen and oxygen atoms in total. The average Bonchev–Trinajstić information content (AvgIpc) is 2.59. The molecule has 12 heavy (non-hydrogen) atoms. The van der Waals surface area contributed by atoms with Crippen molar-refractivity contribution >= 4 is 0 Å². The van der Waals surface area contributed by atoms with Crippen LogP contribution in [0.3, 0.4) is 0 Å². The molecule has 0 aromatic heterocycles. The molecule has 0 amide bonds. The van der Waals surface area contributed by atoms with Gasteiger partial charge in [-0.1, -0.05) is 20.8 Å². The molecule has 0 radical (unpaired) electrons. The first-order valence-electron chi connectivity index (χ1n) is 4.42. The summed E-state index contributed by atoms with van der Waals surface area (Å²) in [5.41, 5.74) is -1.33. The van der Waals surface area contributed by atoms with Crippen molar-refractivity contribution in [1.29, 1.82) is 0 Å². The number of rotatable bonds is 2. The lowest BCUT2D eigenvalue weighted by Crippen LogP contribution is -2.27. The van der Waals surface area contributed by atoms with E-state index in [9.17, 15) is 13.2 Å². The molecule has 0 spiro atoms. The van der Waals surface area contributed by atoms with Crippen molar-refractivity contribution in [3.63, 3.8) is 0 Å². The first-order valence-corrected chi connectivity index (χ1v) is 4.42. The Bertz CT molecular complexity index is 171. The smallest absolute Gasteiger partial charge is 0.170 e. The van der Waals surface area contributed by atoms with Crippen molar-refractivity contribution in [3.8, 4) is 0 Å². The standard InChI is InChI=1S/C9H15F3/c1-4-8(9(10,11)12)5-7(8)6(2)3/h6-7H,4-5H2,1-3H3. The Kier molecular flexibility index (Phi) is 2.17. The van der Waals surface area contributed by atoms with Crippen LogP contribution in [0.5, 0.6) is 0 Å². The van der Waals surface area contributed by atoms with Gasteiger partial charge in [0.2, 0.25) is 0 Å². The van der Waals surface area contributed by atoms with Crippen molar-refractivity contribution in [1.82, 2.24) is 0 Å². The summed E-state index contributed by atoms with van der Waals surface area (Å²) in [5, 5.41) is 0. The Morgan fingerprint density at radius 2 is 1.92 bits per heavy atom. The maximum Gasteiger partial charge on any atom is 0.394 e. The topological polar surface area (TPSA) is 0 Å². The SMILES string of the molecule is CCC1(C(F)(F)F)CC1C(C)C. The highest BCUT2D eigenvalue weighted by Crippen LogP contribution is 2.66. The van der Waals surface area contributed by atoms with Crippen LogP contribution in [-0.2, 0) is 0 Å². The van der Waals surface area contributed by atoms with Crippen LogP contribution in [0.4, 0.5) is 13.2 Å². The van der Waals surface area contributed by atoms with Crippen LogP contribution < -0.4 is 0 Å². The quantitative estimate of drug-likeness (QED) is 0.608. The molecule has 1 fully saturated rings. The van der Waals surface area contributed by atoms with Crippen molar-refractivity contribution < 1.29 is 13.2 Å². The van der Waals surface area contributed by atoms with Gasteiger partial charge in [0.1, 0.15) is 0 Å². The third-order valence-electron chi connectivity index (χ3n) is 3.13. The number of halogens is 3. The molecule has 1 saturated carbocycles. The number of hydrogen-bond acceptors (Lipinski definition) is 0. The highest BCUT2D eigenvalue weighted by molar-refractivity contribution is 5.07. The van der Waals surface area contributed by atoms with Crippen molar-refractivity contribution in [3.05, 3.63) is 0 Å². The summed E-state index contributed by atoms with van der Waals surface area (Å²) in [7, 11) is 0. The molecular weight excluding hydrogens is 165 g/mol. The summed E-state index contributed by atoms with van der Waals surface area (Å²) in [6, 6.07) is 0. The molecule has 0 bridgehead atoms. The van der Waals surface area contributed by atoms with E-state index in [0.29, 0.717) is 6.42 Å². The fraction of sp³-hybridized carbons (Fsp3) is 1.00. The van der Waals surface area contributed by atoms with Gasteiger partial charge in [0.05, 0.1) is 5.41 Å². The Labute approximate surface area is 71.1 Å². The van der Waals surface area contributed by atoms with Crippen LogP contribution in [0.25, 0.3) is 0 Å². The van der Waals surface area contributed by atoms with E-state index < -0.39 is 11.6 Å². The minimum atomic E-state index is -3.99. The average molecular weight is 180 g/mol. The third-order valence-corrected chi connectivity index (χ3v) is 3.13.